The number of nitrogens with zero attached hydrogens (tertiary/aromatic N) is 1. The van der Waals surface area contributed by atoms with Gasteiger partial charge in [-0.15, -0.1) is 0 Å². The van der Waals surface area contributed by atoms with Crippen molar-refractivity contribution in [2.75, 3.05) is 6.61 Å². The molecule has 0 spiro atoms. The standard InChI is InChI=1S/C23H18BrN3O4/c24-12-5-6-15-17(10-27(19(15)7-12)9-13(29)11-28)21-20(22(30)26-23(21)31)16-8-25-18-4-2-1-3-14(16)18/h1-8,10,13,25,28-29H,9,11H2,(H,26,30,31). The largest absolute Gasteiger partial charge is 0.394 e. The van der Waals surface area contributed by atoms with Gasteiger partial charge in [0, 0.05) is 49.8 Å². The van der Waals surface area contributed by atoms with E-state index < -0.39 is 17.9 Å². The maximum atomic E-state index is 12.9. The Morgan fingerprint density at radius 1 is 1.00 bits per heavy atom. The van der Waals surface area contributed by atoms with E-state index in [0.717, 1.165) is 26.3 Å². The van der Waals surface area contributed by atoms with E-state index in [1.54, 1.807) is 17.0 Å². The first-order valence-electron chi connectivity index (χ1n) is 9.72. The molecule has 0 radical (unpaired) electrons. The Kier molecular flexibility index (Phi) is 4.77. The monoisotopic (exact) mass is 479 g/mol. The van der Waals surface area contributed by atoms with Crippen molar-refractivity contribution in [3.63, 3.8) is 0 Å². The lowest BCUT2D eigenvalue weighted by Crippen LogP contribution is -2.22. The highest BCUT2D eigenvalue weighted by Gasteiger charge is 2.35. The third-order valence-corrected chi connectivity index (χ3v) is 6.01. The molecule has 7 nitrogen and oxygen atoms in total. The summed E-state index contributed by atoms with van der Waals surface area (Å²) in [5.41, 5.74) is 3.49. The molecule has 1 aliphatic rings. The molecule has 3 heterocycles. The number of aliphatic hydroxyl groups is 2. The third kappa shape index (κ3) is 3.20. The van der Waals surface area contributed by atoms with Gasteiger partial charge in [0.25, 0.3) is 11.8 Å². The second-order valence-corrected chi connectivity index (χ2v) is 8.39. The average Bonchev–Trinajstić information content (AvgIpc) is 3.41. The van der Waals surface area contributed by atoms with Gasteiger partial charge in [0.15, 0.2) is 0 Å². The number of halogens is 1. The molecule has 0 saturated carbocycles. The van der Waals surface area contributed by atoms with Crippen LogP contribution in [0, 0.1) is 0 Å². The predicted octanol–water partition coefficient (Wildman–Crippen LogP) is 2.81. The van der Waals surface area contributed by atoms with Crippen LogP contribution in [-0.4, -0.2) is 44.3 Å². The van der Waals surface area contributed by atoms with E-state index in [-0.39, 0.29) is 13.2 Å². The van der Waals surface area contributed by atoms with Gasteiger partial charge in [0.1, 0.15) is 0 Å². The first-order chi connectivity index (χ1) is 15.0. The Bertz CT molecular complexity index is 1400. The van der Waals surface area contributed by atoms with Crippen LogP contribution >= 0.6 is 15.9 Å². The SMILES string of the molecule is O=C1NC(=O)C(c2cn(CC(O)CO)c3cc(Br)ccc23)=C1c1c[nH]c2ccccc12. The highest BCUT2D eigenvalue weighted by atomic mass is 79.9. The van der Waals surface area contributed by atoms with E-state index in [1.165, 1.54) is 0 Å². The fourth-order valence-corrected chi connectivity index (χ4v) is 4.50. The van der Waals surface area contributed by atoms with Gasteiger partial charge in [0.2, 0.25) is 0 Å². The van der Waals surface area contributed by atoms with Gasteiger partial charge in [0.05, 0.1) is 30.4 Å². The van der Waals surface area contributed by atoms with E-state index in [4.69, 9.17) is 0 Å². The molecular weight excluding hydrogens is 462 g/mol. The van der Waals surface area contributed by atoms with Crippen molar-refractivity contribution in [1.82, 2.24) is 14.9 Å². The molecule has 156 valence electrons. The van der Waals surface area contributed by atoms with Crippen LogP contribution in [0.1, 0.15) is 11.1 Å². The number of carbonyl (C=O) groups excluding carboxylic acids is 2. The van der Waals surface area contributed by atoms with Gasteiger partial charge < -0.3 is 19.8 Å². The van der Waals surface area contributed by atoms with Crippen LogP contribution in [0.15, 0.2) is 59.3 Å². The number of fused-ring (bicyclic) bond motifs is 2. The highest BCUT2D eigenvalue weighted by Crippen LogP contribution is 2.38. The molecule has 4 N–H and O–H groups in total. The van der Waals surface area contributed by atoms with Crippen molar-refractivity contribution in [2.45, 2.75) is 12.6 Å². The maximum Gasteiger partial charge on any atom is 0.259 e. The van der Waals surface area contributed by atoms with Gasteiger partial charge in [-0.3, -0.25) is 14.9 Å². The van der Waals surface area contributed by atoms with Gasteiger partial charge in [-0.1, -0.05) is 40.2 Å². The summed E-state index contributed by atoms with van der Waals surface area (Å²) in [5, 5.41) is 23.3. The molecule has 0 saturated heterocycles. The molecule has 4 aromatic rings. The molecule has 8 heteroatoms. The van der Waals surface area contributed by atoms with Crippen LogP contribution in [0.4, 0.5) is 0 Å². The molecule has 0 aliphatic carbocycles. The molecule has 0 fully saturated rings. The number of amides is 2. The third-order valence-electron chi connectivity index (χ3n) is 5.52. The van der Waals surface area contributed by atoms with E-state index in [0.29, 0.717) is 22.3 Å². The van der Waals surface area contributed by atoms with Crippen LogP contribution in [0.5, 0.6) is 0 Å². The lowest BCUT2D eigenvalue weighted by Gasteiger charge is -2.09. The zero-order valence-electron chi connectivity index (χ0n) is 16.2. The molecule has 1 aliphatic heterocycles. The minimum atomic E-state index is -0.955. The van der Waals surface area contributed by atoms with Crippen LogP contribution in [0.25, 0.3) is 33.0 Å². The van der Waals surface area contributed by atoms with Gasteiger partial charge >= 0.3 is 0 Å². The smallest absolute Gasteiger partial charge is 0.259 e. The maximum absolute atomic E-state index is 12.9. The molecule has 5 rings (SSSR count). The van der Waals surface area contributed by atoms with Gasteiger partial charge in [-0.2, -0.15) is 0 Å². The van der Waals surface area contributed by atoms with E-state index in [9.17, 15) is 19.8 Å². The van der Waals surface area contributed by atoms with Crippen molar-refractivity contribution >= 4 is 60.7 Å². The summed E-state index contributed by atoms with van der Waals surface area (Å²) in [6, 6.07) is 13.2. The average molecular weight is 480 g/mol. The zero-order valence-corrected chi connectivity index (χ0v) is 17.8. The number of benzene rings is 2. The van der Waals surface area contributed by atoms with Gasteiger partial charge in [-0.05, 0) is 18.2 Å². The number of aromatic nitrogens is 2. The Labute approximate surface area is 185 Å². The number of hydrogen-bond donors (Lipinski definition) is 4. The second-order valence-electron chi connectivity index (χ2n) is 7.47. The molecule has 1 atom stereocenters. The van der Waals surface area contributed by atoms with Crippen LogP contribution < -0.4 is 5.32 Å². The quantitative estimate of drug-likeness (QED) is 0.330. The number of nitrogens with one attached hydrogen (secondary N) is 2. The number of carbonyl (C=O) groups is 2. The minimum Gasteiger partial charge on any atom is -0.394 e. The highest BCUT2D eigenvalue weighted by molar-refractivity contribution is 9.10. The summed E-state index contributed by atoms with van der Waals surface area (Å²) in [7, 11) is 0. The van der Waals surface area contributed by atoms with Crippen molar-refractivity contribution < 1.29 is 19.8 Å². The number of imide groups is 1. The van der Waals surface area contributed by atoms with Crippen LogP contribution in [0.2, 0.25) is 0 Å². The van der Waals surface area contributed by atoms with Crippen molar-refractivity contribution in [2.24, 2.45) is 0 Å². The zero-order chi connectivity index (χ0) is 21.7. The Morgan fingerprint density at radius 2 is 1.74 bits per heavy atom. The molecule has 2 aromatic carbocycles. The fourth-order valence-electron chi connectivity index (χ4n) is 4.15. The molecule has 2 amide bonds. The molecule has 0 bridgehead atoms. The number of aliphatic hydroxyl groups excluding tert-OH is 2. The molecule has 1 unspecified atom stereocenters. The number of H-pyrrole nitrogens is 1. The summed E-state index contributed by atoms with van der Waals surface area (Å²) in [6.07, 6.45) is 2.53. The topological polar surface area (TPSA) is 107 Å². The first kappa shape index (κ1) is 19.7. The summed E-state index contributed by atoms with van der Waals surface area (Å²) in [6.45, 7) is -0.236. The summed E-state index contributed by atoms with van der Waals surface area (Å²) >= 11 is 3.46. The normalized spacial score (nSPS) is 15.3. The van der Waals surface area contributed by atoms with Crippen LogP contribution in [0.3, 0.4) is 0 Å². The lowest BCUT2D eigenvalue weighted by molar-refractivity contribution is -0.122. The Balaban J connectivity index is 1.79. The van der Waals surface area contributed by atoms with E-state index in [2.05, 4.69) is 26.2 Å². The lowest BCUT2D eigenvalue weighted by atomic mass is 9.95. The Morgan fingerprint density at radius 3 is 2.52 bits per heavy atom. The van der Waals surface area contributed by atoms with Crippen molar-refractivity contribution in [3.05, 3.63) is 70.5 Å². The van der Waals surface area contributed by atoms with Crippen LogP contribution in [-0.2, 0) is 16.1 Å². The van der Waals surface area contributed by atoms with E-state index in [1.807, 2.05) is 42.5 Å². The first-order valence-corrected chi connectivity index (χ1v) is 10.5. The fraction of sp³-hybridized carbons (Fsp3) is 0.130. The van der Waals surface area contributed by atoms with Crippen molar-refractivity contribution in [3.8, 4) is 0 Å². The predicted molar refractivity (Wildman–Crippen MR) is 121 cm³/mol. The molecule has 31 heavy (non-hydrogen) atoms. The summed E-state index contributed by atoms with van der Waals surface area (Å²) in [4.78, 5) is 28.9. The minimum absolute atomic E-state index is 0.148. The number of para-hydroxylation sites is 1. The van der Waals surface area contributed by atoms with Gasteiger partial charge in [-0.25, -0.2) is 0 Å². The number of aromatic amines is 1. The van der Waals surface area contributed by atoms with Crippen molar-refractivity contribution in [1.29, 1.82) is 0 Å². The number of rotatable bonds is 5. The molecular formula is C23H18BrN3O4. The number of hydrogen-bond acceptors (Lipinski definition) is 4. The summed E-state index contributed by atoms with van der Waals surface area (Å²) < 4.78 is 2.62. The summed E-state index contributed by atoms with van der Waals surface area (Å²) in [5.74, 6) is -0.909. The second kappa shape index (κ2) is 7.49. The Hall–Kier alpha value is -3.20. The molecule has 2 aromatic heterocycles. The van der Waals surface area contributed by atoms with E-state index >= 15 is 0 Å².